The molecule has 0 unspecified atom stereocenters. The number of nitrogens with two attached hydrogens (primary N) is 1. The Morgan fingerprint density at radius 1 is 1.33 bits per heavy atom. The summed E-state index contributed by atoms with van der Waals surface area (Å²) >= 11 is 0. The summed E-state index contributed by atoms with van der Waals surface area (Å²) in [7, 11) is 3.99. The van der Waals surface area contributed by atoms with Gasteiger partial charge < -0.3 is 10.3 Å². The molecule has 0 aliphatic heterocycles. The number of nitrogens with zero attached hydrogens (tertiary/aromatic N) is 5. The zero-order valence-corrected chi connectivity index (χ0v) is 11.0. The largest absolute Gasteiger partial charge is 0.384 e. The minimum Gasteiger partial charge on any atom is -0.384 e. The molecule has 0 aliphatic rings. The Hall–Kier alpha value is -1.95. The van der Waals surface area contributed by atoms with Crippen LogP contribution in [0, 0.1) is 6.92 Å². The molecule has 0 aliphatic carbocycles. The van der Waals surface area contributed by atoms with Crippen molar-refractivity contribution in [3.05, 3.63) is 35.8 Å². The minimum absolute atomic E-state index is 0.517. The maximum atomic E-state index is 5.71. The summed E-state index contributed by atoms with van der Waals surface area (Å²) in [5, 5.41) is 0. The van der Waals surface area contributed by atoms with Gasteiger partial charge in [-0.1, -0.05) is 0 Å². The van der Waals surface area contributed by atoms with Crippen LogP contribution in [0.5, 0.6) is 0 Å². The van der Waals surface area contributed by atoms with Crippen LogP contribution in [0.2, 0.25) is 0 Å². The van der Waals surface area contributed by atoms with Crippen LogP contribution in [-0.2, 0) is 20.1 Å². The van der Waals surface area contributed by atoms with Gasteiger partial charge in [0.05, 0.1) is 13.1 Å². The van der Waals surface area contributed by atoms with Gasteiger partial charge in [0.15, 0.2) is 0 Å². The Kier molecular flexibility index (Phi) is 3.57. The van der Waals surface area contributed by atoms with Gasteiger partial charge in [-0.3, -0.25) is 4.90 Å². The quantitative estimate of drug-likeness (QED) is 0.861. The zero-order valence-electron chi connectivity index (χ0n) is 11.0. The van der Waals surface area contributed by atoms with Crippen LogP contribution in [-0.4, -0.2) is 31.5 Å². The fraction of sp³-hybridized carbons (Fsp3) is 0.417. The van der Waals surface area contributed by atoms with Crippen molar-refractivity contribution in [3.8, 4) is 0 Å². The van der Waals surface area contributed by atoms with E-state index in [0.29, 0.717) is 12.4 Å². The lowest BCUT2D eigenvalue weighted by molar-refractivity contribution is 0.299. The lowest BCUT2D eigenvalue weighted by Crippen LogP contribution is -2.21. The molecule has 0 fully saturated rings. The van der Waals surface area contributed by atoms with E-state index in [-0.39, 0.29) is 0 Å². The van der Waals surface area contributed by atoms with Crippen LogP contribution in [0.15, 0.2) is 18.5 Å². The van der Waals surface area contributed by atoms with Crippen molar-refractivity contribution in [1.82, 2.24) is 24.4 Å². The van der Waals surface area contributed by atoms with E-state index in [2.05, 4.69) is 19.9 Å². The summed E-state index contributed by atoms with van der Waals surface area (Å²) in [5.74, 6) is 2.27. The predicted molar refractivity (Wildman–Crippen MR) is 69.6 cm³/mol. The molecule has 96 valence electrons. The molecule has 2 aromatic heterocycles. The van der Waals surface area contributed by atoms with E-state index in [1.807, 2.05) is 31.8 Å². The molecule has 6 heteroatoms. The maximum Gasteiger partial charge on any atom is 0.144 e. The topological polar surface area (TPSA) is 72.9 Å². The lowest BCUT2D eigenvalue weighted by atomic mass is 10.4. The molecule has 2 rings (SSSR count). The zero-order chi connectivity index (χ0) is 13.1. The van der Waals surface area contributed by atoms with E-state index in [4.69, 9.17) is 5.73 Å². The first-order valence-corrected chi connectivity index (χ1v) is 5.79. The van der Waals surface area contributed by atoms with Gasteiger partial charge in [-0.05, 0) is 14.0 Å². The number of rotatable bonds is 4. The molecule has 0 radical (unpaired) electrons. The molecule has 0 atom stereocenters. The third-order valence-corrected chi connectivity index (χ3v) is 2.66. The first-order chi connectivity index (χ1) is 8.54. The van der Waals surface area contributed by atoms with Crippen LogP contribution < -0.4 is 5.73 Å². The van der Waals surface area contributed by atoms with Gasteiger partial charge >= 0.3 is 0 Å². The number of nitrogen functional groups attached to an aromatic ring is 1. The number of imidazole rings is 1. The lowest BCUT2D eigenvalue weighted by Gasteiger charge is -2.15. The molecule has 0 bridgehead atoms. The number of aromatic nitrogens is 4. The van der Waals surface area contributed by atoms with Crippen molar-refractivity contribution in [3.63, 3.8) is 0 Å². The van der Waals surface area contributed by atoms with Crippen molar-refractivity contribution in [2.45, 2.75) is 20.0 Å². The standard InChI is InChI=1S/C12H18N6/c1-9-6-10(13)16-11(15-9)7-17(2)8-12-14-4-5-18(12)3/h4-6H,7-8H2,1-3H3,(H2,13,15,16). The average Bonchev–Trinajstić information content (AvgIpc) is 2.62. The second kappa shape index (κ2) is 5.14. The second-order valence-electron chi connectivity index (χ2n) is 4.48. The van der Waals surface area contributed by atoms with Gasteiger partial charge in [-0.25, -0.2) is 15.0 Å². The van der Waals surface area contributed by atoms with E-state index in [1.54, 1.807) is 12.3 Å². The highest BCUT2D eigenvalue weighted by atomic mass is 15.2. The summed E-state index contributed by atoms with van der Waals surface area (Å²) in [6, 6.07) is 1.77. The smallest absolute Gasteiger partial charge is 0.144 e. The number of aryl methyl sites for hydroxylation is 2. The Morgan fingerprint density at radius 2 is 2.11 bits per heavy atom. The van der Waals surface area contributed by atoms with Gasteiger partial charge in [0.1, 0.15) is 17.5 Å². The molecular weight excluding hydrogens is 228 g/mol. The molecule has 0 aromatic carbocycles. The summed E-state index contributed by atoms with van der Waals surface area (Å²) in [6.07, 6.45) is 3.73. The summed E-state index contributed by atoms with van der Waals surface area (Å²) < 4.78 is 2.00. The first kappa shape index (κ1) is 12.5. The van der Waals surface area contributed by atoms with E-state index >= 15 is 0 Å². The molecule has 2 heterocycles. The molecule has 0 saturated heterocycles. The highest BCUT2D eigenvalue weighted by Gasteiger charge is 2.08. The maximum absolute atomic E-state index is 5.71. The van der Waals surface area contributed by atoms with Gasteiger partial charge in [0.2, 0.25) is 0 Å². The van der Waals surface area contributed by atoms with Gasteiger partial charge in [-0.15, -0.1) is 0 Å². The fourth-order valence-electron chi connectivity index (χ4n) is 1.81. The number of hydrogen-bond acceptors (Lipinski definition) is 5. The van der Waals surface area contributed by atoms with Gasteiger partial charge in [0.25, 0.3) is 0 Å². The number of hydrogen-bond donors (Lipinski definition) is 1. The molecule has 0 saturated carbocycles. The third-order valence-electron chi connectivity index (χ3n) is 2.66. The highest BCUT2D eigenvalue weighted by Crippen LogP contribution is 2.06. The molecule has 2 N–H and O–H groups in total. The van der Waals surface area contributed by atoms with E-state index in [1.165, 1.54) is 0 Å². The molecule has 18 heavy (non-hydrogen) atoms. The summed E-state index contributed by atoms with van der Waals surface area (Å²) in [4.78, 5) is 15.0. The molecule has 6 nitrogen and oxygen atoms in total. The van der Waals surface area contributed by atoms with Crippen molar-refractivity contribution in [1.29, 1.82) is 0 Å². The van der Waals surface area contributed by atoms with E-state index in [9.17, 15) is 0 Å². The summed E-state index contributed by atoms with van der Waals surface area (Å²) in [5.41, 5.74) is 6.60. The van der Waals surface area contributed by atoms with Crippen molar-refractivity contribution in [2.24, 2.45) is 7.05 Å². The highest BCUT2D eigenvalue weighted by molar-refractivity contribution is 5.29. The van der Waals surface area contributed by atoms with E-state index < -0.39 is 0 Å². The van der Waals surface area contributed by atoms with Crippen LogP contribution in [0.4, 0.5) is 5.82 Å². The Morgan fingerprint density at radius 3 is 2.72 bits per heavy atom. The molecule has 0 spiro atoms. The predicted octanol–water partition coefficient (Wildman–Crippen LogP) is 0.733. The monoisotopic (exact) mass is 246 g/mol. The molecular formula is C12H18N6. The van der Waals surface area contributed by atoms with Crippen LogP contribution >= 0.6 is 0 Å². The number of anilines is 1. The van der Waals surface area contributed by atoms with Crippen LogP contribution in [0.3, 0.4) is 0 Å². The van der Waals surface area contributed by atoms with Crippen molar-refractivity contribution in [2.75, 3.05) is 12.8 Å². The first-order valence-electron chi connectivity index (χ1n) is 5.79. The molecule has 0 amide bonds. The van der Waals surface area contributed by atoms with Gasteiger partial charge in [0, 0.05) is 31.2 Å². The van der Waals surface area contributed by atoms with E-state index in [0.717, 1.165) is 23.9 Å². The SMILES string of the molecule is Cc1cc(N)nc(CN(C)Cc2nccn2C)n1. The Labute approximate surface area is 106 Å². The Balaban J connectivity index is 2.03. The van der Waals surface area contributed by atoms with Crippen LogP contribution in [0.25, 0.3) is 0 Å². The second-order valence-corrected chi connectivity index (χ2v) is 4.48. The summed E-state index contributed by atoms with van der Waals surface area (Å²) in [6.45, 7) is 3.32. The Bertz CT molecular complexity index is 513. The minimum atomic E-state index is 0.517. The molecule has 2 aromatic rings. The normalized spacial score (nSPS) is 11.1. The third kappa shape index (κ3) is 3.04. The fourth-order valence-corrected chi connectivity index (χ4v) is 1.81. The van der Waals surface area contributed by atoms with Crippen molar-refractivity contribution >= 4 is 5.82 Å². The average molecular weight is 246 g/mol. The van der Waals surface area contributed by atoms with Crippen LogP contribution in [0.1, 0.15) is 17.3 Å². The van der Waals surface area contributed by atoms with Gasteiger partial charge in [-0.2, -0.15) is 0 Å². The van der Waals surface area contributed by atoms with Crippen molar-refractivity contribution < 1.29 is 0 Å².